The maximum atomic E-state index is 5.88. The Kier molecular flexibility index (Phi) is 4.73. The number of likely N-dealkylation sites (tertiary alicyclic amines) is 1. The Balaban J connectivity index is 1.62. The summed E-state index contributed by atoms with van der Waals surface area (Å²) in [5, 5.41) is 3.58. The number of hydrogen-bond acceptors (Lipinski definition) is 3. The lowest BCUT2D eigenvalue weighted by Crippen LogP contribution is -2.33. The summed E-state index contributed by atoms with van der Waals surface area (Å²) in [5.41, 5.74) is 1.33. The topological polar surface area (TPSA) is 28.4 Å². The Morgan fingerprint density at radius 1 is 1.10 bits per heavy atom. The molecule has 1 aliphatic rings. The van der Waals surface area contributed by atoms with Crippen LogP contribution in [-0.4, -0.2) is 24.5 Å². The first kappa shape index (κ1) is 14.4. The first-order valence-electron chi connectivity index (χ1n) is 7.88. The van der Waals surface area contributed by atoms with Gasteiger partial charge in [0.15, 0.2) is 0 Å². The van der Waals surface area contributed by atoms with Crippen molar-refractivity contribution < 1.29 is 4.42 Å². The maximum Gasteiger partial charge on any atom is 0.122 e. The molecular formula is C18H24N2O. The molecule has 0 spiro atoms. The number of nitrogens with one attached hydrogen (secondary N) is 1. The maximum absolute atomic E-state index is 5.88. The summed E-state index contributed by atoms with van der Waals surface area (Å²) in [6.07, 6.45) is 2.60. The summed E-state index contributed by atoms with van der Waals surface area (Å²) in [6, 6.07) is 15.1. The summed E-state index contributed by atoms with van der Waals surface area (Å²) < 4.78 is 5.88. The van der Waals surface area contributed by atoms with E-state index in [0.717, 1.165) is 24.6 Å². The van der Waals surface area contributed by atoms with E-state index >= 15 is 0 Å². The Labute approximate surface area is 127 Å². The Morgan fingerprint density at radius 2 is 1.86 bits per heavy atom. The molecule has 1 fully saturated rings. The molecule has 0 saturated carbocycles. The van der Waals surface area contributed by atoms with Crippen molar-refractivity contribution in [3.63, 3.8) is 0 Å². The van der Waals surface area contributed by atoms with Crippen LogP contribution < -0.4 is 5.32 Å². The van der Waals surface area contributed by atoms with Gasteiger partial charge < -0.3 is 9.73 Å². The Hall–Kier alpha value is -1.58. The van der Waals surface area contributed by atoms with Crippen LogP contribution in [0.2, 0.25) is 0 Å². The molecule has 1 aromatic heterocycles. The second-order valence-electron chi connectivity index (χ2n) is 5.82. The van der Waals surface area contributed by atoms with Crippen LogP contribution >= 0.6 is 0 Å². The second-order valence-corrected chi connectivity index (χ2v) is 5.82. The molecule has 1 aliphatic heterocycles. The van der Waals surface area contributed by atoms with E-state index in [-0.39, 0.29) is 0 Å². The van der Waals surface area contributed by atoms with Crippen LogP contribution in [0.4, 0.5) is 0 Å². The van der Waals surface area contributed by atoms with Gasteiger partial charge in [0.05, 0.1) is 6.04 Å². The molecule has 3 rings (SSSR count). The summed E-state index contributed by atoms with van der Waals surface area (Å²) >= 11 is 0. The fourth-order valence-electron chi connectivity index (χ4n) is 3.04. The highest BCUT2D eigenvalue weighted by atomic mass is 16.3. The number of benzene rings is 1. The molecular weight excluding hydrogens is 260 g/mol. The lowest BCUT2D eigenvalue weighted by molar-refractivity contribution is 0.207. The summed E-state index contributed by atoms with van der Waals surface area (Å²) in [5.74, 6) is 2.09. The van der Waals surface area contributed by atoms with Crippen LogP contribution in [0.1, 0.15) is 36.0 Å². The van der Waals surface area contributed by atoms with Crippen LogP contribution in [-0.2, 0) is 6.54 Å². The number of rotatable bonds is 6. The number of hydrogen-bond donors (Lipinski definition) is 1. The highest BCUT2D eigenvalue weighted by molar-refractivity contribution is 5.15. The summed E-state index contributed by atoms with van der Waals surface area (Å²) in [6.45, 7) is 6.21. The third kappa shape index (κ3) is 3.74. The molecule has 3 nitrogen and oxygen atoms in total. The third-order valence-corrected chi connectivity index (χ3v) is 4.18. The fourth-order valence-corrected chi connectivity index (χ4v) is 3.04. The van der Waals surface area contributed by atoms with Crippen molar-refractivity contribution in [1.82, 2.24) is 10.2 Å². The van der Waals surface area contributed by atoms with E-state index < -0.39 is 0 Å². The molecule has 1 atom stereocenters. The standard InChI is InChI=1S/C18H24N2O/c1-15-9-10-18(21-15)17(20-11-5-6-12-20)14-19-13-16-7-3-2-4-8-16/h2-4,7-10,17,19H,5-6,11-14H2,1H3. The van der Waals surface area contributed by atoms with Crippen molar-refractivity contribution in [2.24, 2.45) is 0 Å². The Morgan fingerprint density at radius 3 is 2.52 bits per heavy atom. The highest BCUT2D eigenvalue weighted by Gasteiger charge is 2.25. The normalized spacial score (nSPS) is 17.2. The van der Waals surface area contributed by atoms with Gasteiger partial charge in [-0.25, -0.2) is 0 Å². The van der Waals surface area contributed by atoms with Crippen LogP contribution in [0.5, 0.6) is 0 Å². The summed E-state index contributed by atoms with van der Waals surface area (Å²) in [4.78, 5) is 2.54. The zero-order valence-corrected chi connectivity index (χ0v) is 12.7. The number of furan rings is 1. The van der Waals surface area contributed by atoms with Crippen LogP contribution in [0.15, 0.2) is 46.9 Å². The molecule has 1 unspecified atom stereocenters. The first-order valence-corrected chi connectivity index (χ1v) is 7.88. The molecule has 0 radical (unpaired) electrons. The van der Waals surface area contributed by atoms with Gasteiger partial charge in [0, 0.05) is 13.1 Å². The van der Waals surface area contributed by atoms with E-state index in [9.17, 15) is 0 Å². The lowest BCUT2D eigenvalue weighted by atomic mass is 10.1. The van der Waals surface area contributed by atoms with Gasteiger partial charge in [-0.15, -0.1) is 0 Å². The SMILES string of the molecule is Cc1ccc(C(CNCc2ccccc2)N2CCCC2)o1. The highest BCUT2D eigenvalue weighted by Crippen LogP contribution is 2.26. The minimum absolute atomic E-state index is 0.352. The van der Waals surface area contributed by atoms with Crippen molar-refractivity contribution in [3.05, 3.63) is 59.5 Å². The summed E-state index contributed by atoms with van der Waals surface area (Å²) in [7, 11) is 0. The van der Waals surface area contributed by atoms with Gasteiger partial charge in [0.25, 0.3) is 0 Å². The zero-order valence-electron chi connectivity index (χ0n) is 12.7. The van der Waals surface area contributed by atoms with Gasteiger partial charge in [0.1, 0.15) is 11.5 Å². The molecule has 0 aliphatic carbocycles. The molecule has 1 N–H and O–H groups in total. The number of nitrogens with zero attached hydrogens (tertiary/aromatic N) is 1. The molecule has 112 valence electrons. The van der Waals surface area contributed by atoms with Crippen LogP contribution in [0, 0.1) is 6.92 Å². The molecule has 1 saturated heterocycles. The molecule has 0 amide bonds. The molecule has 3 heteroatoms. The zero-order chi connectivity index (χ0) is 14.5. The van der Waals surface area contributed by atoms with Gasteiger partial charge in [-0.1, -0.05) is 30.3 Å². The molecule has 0 bridgehead atoms. The number of aryl methyl sites for hydroxylation is 1. The predicted octanol–water partition coefficient (Wildman–Crippen LogP) is 3.51. The van der Waals surface area contributed by atoms with Crippen LogP contribution in [0.25, 0.3) is 0 Å². The molecule has 1 aromatic carbocycles. The predicted molar refractivity (Wildman–Crippen MR) is 85.1 cm³/mol. The van der Waals surface area contributed by atoms with E-state index in [2.05, 4.69) is 52.7 Å². The minimum Gasteiger partial charge on any atom is -0.465 e. The van der Waals surface area contributed by atoms with Gasteiger partial charge in [-0.05, 0) is 50.6 Å². The monoisotopic (exact) mass is 284 g/mol. The first-order chi connectivity index (χ1) is 10.3. The molecule has 2 heterocycles. The smallest absolute Gasteiger partial charge is 0.122 e. The quantitative estimate of drug-likeness (QED) is 0.880. The van der Waals surface area contributed by atoms with Crippen LogP contribution in [0.3, 0.4) is 0 Å². The van der Waals surface area contributed by atoms with Crippen molar-refractivity contribution in [2.45, 2.75) is 32.4 Å². The van der Waals surface area contributed by atoms with Crippen molar-refractivity contribution in [2.75, 3.05) is 19.6 Å². The van der Waals surface area contributed by atoms with E-state index in [1.165, 1.54) is 31.5 Å². The average molecular weight is 284 g/mol. The molecule has 21 heavy (non-hydrogen) atoms. The van der Waals surface area contributed by atoms with E-state index in [0.29, 0.717) is 6.04 Å². The largest absolute Gasteiger partial charge is 0.465 e. The minimum atomic E-state index is 0.352. The van der Waals surface area contributed by atoms with Crippen molar-refractivity contribution >= 4 is 0 Å². The van der Waals surface area contributed by atoms with Gasteiger partial charge in [-0.3, -0.25) is 4.90 Å². The van der Waals surface area contributed by atoms with Crippen molar-refractivity contribution in [1.29, 1.82) is 0 Å². The Bertz CT molecular complexity index is 543. The second kappa shape index (κ2) is 6.92. The van der Waals surface area contributed by atoms with E-state index in [4.69, 9.17) is 4.42 Å². The van der Waals surface area contributed by atoms with E-state index in [1.807, 2.05) is 6.92 Å². The van der Waals surface area contributed by atoms with E-state index in [1.54, 1.807) is 0 Å². The lowest BCUT2D eigenvalue weighted by Gasteiger charge is -2.26. The fraction of sp³-hybridized carbons (Fsp3) is 0.444. The van der Waals surface area contributed by atoms with Gasteiger partial charge in [0.2, 0.25) is 0 Å². The third-order valence-electron chi connectivity index (χ3n) is 4.18. The average Bonchev–Trinajstić information content (AvgIpc) is 3.16. The van der Waals surface area contributed by atoms with Gasteiger partial charge in [-0.2, -0.15) is 0 Å². The van der Waals surface area contributed by atoms with Crippen molar-refractivity contribution in [3.8, 4) is 0 Å². The van der Waals surface area contributed by atoms with Gasteiger partial charge >= 0.3 is 0 Å². The molecule has 2 aromatic rings.